The minimum atomic E-state index is -1.04. The highest BCUT2D eigenvalue weighted by Crippen LogP contribution is 2.44. The maximum absolute atomic E-state index is 12.8. The van der Waals surface area contributed by atoms with Crippen LogP contribution in [0.3, 0.4) is 0 Å². The van der Waals surface area contributed by atoms with Gasteiger partial charge < -0.3 is 23.7 Å². The van der Waals surface area contributed by atoms with Crippen LogP contribution in [-0.4, -0.2) is 54.1 Å². The highest BCUT2D eigenvalue weighted by Gasteiger charge is 2.62. The van der Waals surface area contributed by atoms with E-state index in [0.717, 1.165) is 0 Å². The molecule has 0 unspecified atom stereocenters. The van der Waals surface area contributed by atoms with E-state index in [9.17, 15) is 9.59 Å². The molecule has 5 atom stereocenters. The van der Waals surface area contributed by atoms with Crippen molar-refractivity contribution in [3.8, 4) is 0 Å². The van der Waals surface area contributed by atoms with Gasteiger partial charge in [-0.15, -0.1) is 0 Å². The molecule has 152 valence electrons. The van der Waals surface area contributed by atoms with Crippen LogP contribution in [0.1, 0.15) is 38.1 Å². The number of hydrogen-bond acceptors (Lipinski definition) is 7. The van der Waals surface area contributed by atoms with Crippen molar-refractivity contribution in [1.29, 1.82) is 0 Å². The van der Waals surface area contributed by atoms with Gasteiger partial charge in [-0.3, -0.25) is 20.4 Å². The third kappa shape index (κ3) is 3.63. The molecule has 3 heterocycles. The zero-order chi connectivity index (χ0) is 20.1. The molecule has 0 aromatic heterocycles. The molecule has 9 heteroatoms. The van der Waals surface area contributed by atoms with Crippen molar-refractivity contribution < 1.29 is 33.3 Å². The molecule has 0 saturated carbocycles. The van der Waals surface area contributed by atoms with Crippen LogP contribution in [0.25, 0.3) is 0 Å². The fourth-order valence-electron chi connectivity index (χ4n) is 3.67. The first-order valence-electron chi connectivity index (χ1n) is 9.17. The van der Waals surface area contributed by atoms with Crippen molar-refractivity contribution in [2.45, 2.75) is 70.0 Å². The van der Waals surface area contributed by atoms with E-state index in [1.807, 2.05) is 0 Å². The van der Waals surface area contributed by atoms with Crippen LogP contribution < -0.4 is 10.9 Å². The van der Waals surface area contributed by atoms with Crippen molar-refractivity contribution >= 4 is 11.8 Å². The summed E-state index contributed by atoms with van der Waals surface area (Å²) in [5.41, 5.74) is 5.20. The number of rotatable bonds is 2. The lowest BCUT2D eigenvalue weighted by molar-refractivity contribution is -0.231. The molecule has 2 N–H and O–H groups in total. The van der Waals surface area contributed by atoms with E-state index in [4.69, 9.17) is 23.7 Å². The predicted molar refractivity (Wildman–Crippen MR) is 94.6 cm³/mol. The zero-order valence-corrected chi connectivity index (χ0v) is 16.1. The van der Waals surface area contributed by atoms with Crippen LogP contribution in [0.4, 0.5) is 0 Å². The van der Waals surface area contributed by atoms with Gasteiger partial charge in [0.1, 0.15) is 18.3 Å². The van der Waals surface area contributed by atoms with Crippen LogP contribution in [0.2, 0.25) is 0 Å². The molecule has 0 aliphatic carbocycles. The summed E-state index contributed by atoms with van der Waals surface area (Å²) >= 11 is 0. The number of amides is 2. The lowest BCUT2D eigenvalue weighted by atomic mass is 9.98. The molecule has 3 saturated heterocycles. The van der Waals surface area contributed by atoms with Gasteiger partial charge in [0, 0.05) is 5.56 Å². The third-order valence-electron chi connectivity index (χ3n) is 4.75. The molecule has 1 aromatic carbocycles. The molecule has 3 fully saturated rings. The van der Waals surface area contributed by atoms with Crippen LogP contribution >= 0.6 is 0 Å². The van der Waals surface area contributed by atoms with E-state index in [1.165, 1.54) is 0 Å². The molecule has 0 bridgehead atoms. The minimum absolute atomic E-state index is 0.418. The Hall–Kier alpha value is -2.04. The van der Waals surface area contributed by atoms with Crippen molar-refractivity contribution in [3.05, 3.63) is 35.9 Å². The Morgan fingerprint density at radius 1 is 0.821 bits per heavy atom. The monoisotopic (exact) mass is 392 g/mol. The van der Waals surface area contributed by atoms with E-state index in [2.05, 4.69) is 10.9 Å². The molecule has 4 rings (SSSR count). The van der Waals surface area contributed by atoms with Gasteiger partial charge in [-0.1, -0.05) is 18.2 Å². The fraction of sp³-hybridized carbons (Fsp3) is 0.579. The predicted octanol–water partition coefficient (Wildman–Crippen LogP) is 0.844. The highest BCUT2D eigenvalue weighted by molar-refractivity contribution is 5.95. The van der Waals surface area contributed by atoms with Gasteiger partial charge in [0.2, 0.25) is 0 Å². The van der Waals surface area contributed by atoms with Crippen LogP contribution in [0.15, 0.2) is 30.3 Å². The average molecular weight is 392 g/mol. The van der Waals surface area contributed by atoms with Gasteiger partial charge >= 0.3 is 0 Å². The molecule has 2 amide bonds. The van der Waals surface area contributed by atoms with Gasteiger partial charge in [0.25, 0.3) is 11.8 Å². The summed E-state index contributed by atoms with van der Waals surface area (Å²) < 4.78 is 29.3. The molecule has 3 aliphatic rings. The first-order valence-corrected chi connectivity index (χ1v) is 9.17. The standard InChI is InChI=1S/C19H24N2O7/c1-18(2)25-11-12(26-18)14-17(28-19(3,4)27-14)24-13(11)16(23)21-20-15(22)10-8-6-5-7-9-10/h5-9,11-14,17H,1-4H3,(H,20,22)(H,21,23)/t11-,12-,13+,14+,17+/m1/s1. The van der Waals surface area contributed by atoms with Crippen LogP contribution in [0.5, 0.6) is 0 Å². The number of carbonyl (C=O) groups excluding carboxylic acids is 2. The third-order valence-corrected chi connectivity index (χ3v) is 4.75. The van der Waals surface area contributed by atoms with E-state index in [0.29, 0.717) is 5.56 Å². The number of hydrogen-bond donors (Lipinski definition) is 2. The summed E-state index contributed by atoms with van der Waals surface area (Å²) in [5.74, 6) is -2.78. The lowest BCUT2D eigenvalue weighted by Gasteiger charge is -2.36. The van der Waals surface area contributed by atoms with Crippen molar-refractivity contribution in [2.75, 3.05) is 0 Å². The summed E-state index contributed by atoms with van der Waals surface area (Å²) in [5, 5.41) is 0. The zero-order valence-electron chi connectivity index (χ0n) is 16.1. The largest absolute Gasteiger partial charge is 0.342 e. The van der Waals surface area contributed by atoms with Gasteiger partial charge in [0.15, 0.2) is 24.0 Å². The first kappa shape index (κ1) is 19.3. The Morgan fingerprint density at radius 2 is 1.43 bits per heavy atom. The van der Waals surface area contributed by atoms with Gasteiger partial charge in [-0.25, -0.2) is 0 Å². The van der Waals surface area contributed by atoms with Crippen molar-refractivity contribution in [2.24, 2.45) is 0 Å². The van der Waals surface area contributed by atoms with E-state index >= 15 is 0 Å². The summed E-state index contributed by atoms with van der Waals surface area (Å²) in [6, 6.07) is 8.54. The second-order valence-electron chi connectivity index (χ2n) is 7.90. The topological polar surface area (TPSA) is 104 Å². The normalized spacial score (nSPS) is 34.9. The Morgan fingerprint density at radius 3 is 2.14 bits per heavy atom. The van der Waals surface area contributed by atoms with Crippen LogP contribution in [-0.2, 0) is 28.5 Å². The van der Waals surface area contributed by atoms with Gasteiger partial charge in [-0.05, 0) is 39.8 Å². The first-order chi connectivity index (χ1) is 13.2. The Bertz CT molecular complexity index is 767. The minimum Gasteiger partial charge on any atom is -0.342 e. The number of benzene rings is 1. The van der Waals surface area contributed by atoms with Crippen molar-refractivity contribution in [1.82, 2.24) is 10.9 Å². The van der Waals surface area contributed by atoms with Crippen LogP contribution in [0, 0.1) is 0 Å². The molecule has 1 aromatic rings. The Labute approximate surface area is 162 Å². The molecule has 9 nitrogen and oxygen atoms in total. The fourth-order valence-corrected chi connectivity index (χ4v) is 3.67. The maximum Gasteiger partial charge on any atom is 0.270 e. The molecule has 3 aliphatic heterocycles. The smallest absolute Gasteiger partial charge is 0.270 e. The van der Waals surface area contributed by atoms with E-state index < -0.39 is 54.1 Å². The number of fused-ring (bicyclic) bond motifs is 3. The molecule has 0 radical (unpaired) electrons. The number of ether oxygens (including phenoxy) is 5. The summed E-state index contributed by atoms with van der Waals surface area (Å²) in [6.45, 7) is 7.04. The molecular weight excluding hydrogens is 368 g/mol. The Kier molecular flexibility index (Phi) is 4.67. The molecule has 28 heavy (non-hydrogen) atoms. The second kappa shape index (κ2) is 6.78. The SMILES string of the molecule is CC1(C)O[C@@H]2O[C@H](C(=O)NNC(=O)c3ccccc3)[C@@H]3OC(C)(C)O[C@H]3[C@@H]2O1. The summed E-state index contributed by atoms with van der Waals surface area (Å²) in [4.78, 5) is 24.9. The molecular formula is C19H24N2O7. The maximum atomic E-state index is 12.8. The Balaban J connectivity index is 1.47. The van der Waals surface area contributed by atoms with Gasteiger partial charge in [-0.2, -0.15) is 0 Å². The second-order valence-corrected chi connectivity index (χ2v) is 7.90. The summed E-state index contributed by atoms with van der Waals surface area (Å²) in [6.07, 6.45) is -3.60. The van der Waals surface area contributed by atoms with E-state index in [-0.39, 0.29) is 0 Å². The van der Waals surface area contributed by atoms with Gasteiger partial charge in [0.05, 0.1) is 0 Å². The summed E-state index contributed by atoms with van der Waals surface area (Å²) in [7, 11) is 0. The quantitative estimate of drug-likeness (QED) is 0.719. The number of hydrazine groups is 1. The van der Waals surface area contributed by atoms with Crippen molar-refractivity contribution in [3.63, 3.8) is 0 Å². The lowest BCUT2D eigenvalue weighted by Crippen LogP contribution is -2.61. The number of nitrogens with one attached hydrogen (secondary N) is 2. The van der Waals surface area contributed by atoms with E-state index in [1.54, 1.807) is 58.0 Å². The number of carbonyl (C=O) groups is 2. The average Bonchev–Trinajstić information content (AvgIpc) is 3.13. The molecule has 0 spiro atoms. The highest BCUT2D eigenvalue weighted by atomic mass is 16.9.